The van der Waals surface area contributed by atoms with E-state index in [1.807, 2.05) is 23.6 Å². The lowest BCUT2D eigenvalue weighted by atomic mass is 10.2. The molecule has 0 atom stereocenters. The largest absolute Gasteiger partial charge is 0.338 e. The predicted molar refractivity (Wildman–Crippen MR) is 94.6 cm³/mol. The number of halogens is 1. The molecular weight excluding hydrogens is 321 g/mol. The quantitative estimate of drug-likeness (QED) is 0.724. The van der Waals surface area contributed by atoms with Gasteiger partial charge in [0.05, 0.1) is 0 Å². The van der Waals surface area contributed by atoms with Gasteiger partial charge in [0.2, 0.25) is 0 Å². The summed E-state index contributed by atoms with van der Waals surface area (Å²) in [4.78, 5) is 20.7. The van der Waals surface area contributed by atoms with Gasteiger partial charge in [-0.1, -0.05) is 6.92 Å². The first kappa shape index (κ1) is 16.9. The number of carbonyl (C=O) groups is 1. The average Bonchev–Trinajstić information content (AvgIpc) is 2.99. The number of benzene rings is 1. The summed E-state index contributed by atoms with van der Waals surface area (Å²) in [7, 11) is 0. The number of rotatable bonds is 6. The van der Waals surface area contributed by atoms with Crippen molar-refractivity contribution in [3.05, 3.63) is 48.4 Å². The molecule has 25 heavy (non-hydrogen) atoms. The molecule has 1 aromatic carbocycles. The number of nitrogens with zero attached hydrogens (tertiary/aromatic N) is 3. The Morgan fingerprint density at radius 1 is 1.16 bits per heavy atom. The van der Waals surface area contributed by atoms with E-state index < -0.39 is 0 Å². The van der Waals surface area contributed by atoms with Crippen LogP contribution in [0.5, 0.6) is 0 Å². The second kappa shape index (κ2) is 7.74. The Hall–Kier alpha value is -2.96. The number of hydrogen-bond donors (Lipinski definition) is 2. The van der Waals surface area contributed by atoms with Crippen LogP contribution in [-0.4, -0.2) is 33.7 Å². The van der Waals surface area contributed by atoms with Gasteiger partial charge in [0.25, 0.3) is 0 Å². The average molecular weight is 341 g/mol. The number of aromatic nitrogens is 3. The molecule has 0 bridgehead atoms. The molecule has 6 nitrogen and oxygen atoms in total. The van der Waals surface area contributed by atoms with Gasteiger partial charge in [0.1, 0.15) is 17.2 Å². The number of urea groups is 1. The number of amides is 2. The SMILES string of the molecule is CCCNC(=O)NCCn1c(-c2ccc(F)cc2)nc2cccnc21. The van der Waals surface area contributed by atoms with E-state index in [0.29, 0.717) is 25.5 Å². The van der Waals surface area contributed by atoms with Gasteiger partial charge in [-0.15, -0.1) is 0 Å². The fourth-order valence-corrected chi connectivity index (χ4v) is 2.57. The van der Waals surface area contributed by atoms with Crippen LogP contribution in [-0.2, 0) is 6.54 Å². The first-order valence-corrected chi connectivity index (χ1v) is 8.28. The minimum Gasteiger partial charge on any atom is -0.338 e. The fraction of sp³-hybridized carbons (Fsp3) is 0.278. The molecule has 0 saturated heterocycles. The van der Waals surface area contributed by atoms with Crippen molar-refractivity contribution in [2.45, 2.75) is 19.9 Å². The number of imidazole rings is 1. The normalized spacial score (nSPS) is 10.8. The van der Waals surface area contributed by atoms with Crippen LogP contribution >= 0.6 is 0 Å². The lowest BCUT2D eigenvalue weighted by molar-refractivity contribution is 0.240. The summed E-state index contributed by atoms with van der Waals surface area (Å²) in [5.41, 5.74) is 2.30. The van der Waals surface area contributed by atoms with Gasteiger partial charge in [-0.25, -0.2) is 19.2 Å². The molecule has 0 fully saturated rings. The highest BCUT2D eigenvalue weighted by molar-refractivity contribution is 5.77. The third kappa shape index (κ3) is 3.93. The summed E-state index contributed by atoms with van der Waals surface area (Å²) in [5, 5.41) is 5.59. The number of fused-ring (bicyclic) bond motifs is 1. The second-order valence-corrected chi connectivity index (χ2v) is 5.62. The third-order valence-corrected chi connectivity index (χ3v) is 3.76. The van der Waals surface area contributed by atoms with Crippen LogP contribution in [0.3, 0.4) is 0 Å². The fourth-order valence-electron chi connectivity index (χ4n) is 2.57. The zero-order chi connectivity index (χ0) is 17.6. The standard InChI is InChI=1S/C18H20FN5O/c1-2-9-21-18(25)22-11-12-24-16(13-5-7-14(19)8-6-13)23-15-4-3-10-20-17(15)24/h3-8,10H,2,9,11-12H2,1H3,(H2,21,22,25). The number of hydrogen-bond acceptors (Lipinski definition) is 3. The lowest BCUT2D eigenvalue weighted by Gasteiger charge is -2.10. The van der Waals surface area contributed by atoms with Crippen molar-refractivity contribution in [1.29, 1.82) is 0 Å². The van der Waals surface area contributed by atoms with Gasteiger partial charge >= 0.3 is 6.03 Å². The molecule has 0 radical (unpaired) electrons. The Labute approximate surface area is 145 Å². The summed E-state index contributed by atoms with van der Waals surface area (Å²) in [5.74, 6) is 0.406. The van der Waals surface area contributed by atoms with E-state index in [-0.39, 0.29) is 11.8 Å². The first-order valence-electron chi connectivity index (χ1n) is 8.28. The Morgan fingerprint density at radius 3 is 2.68 bits per heavy atom. The lowest BCUT2D eigenvalue weighted by Crippen LogP contribution is -2.37. The van der Waals surface area contributed by atoms with Crippen molar-refractivity contribution in [3.63, 3.8) is 0 Å². The first-order chi connectivity index (χ1) is 12.2. The van der Waals surface area contributed by atoms with Crippen molar-refractivity contribution in [2.24, 2.45) is 0 Å². The highest BCUT2D eigenvalue weighted by Crippen LogP contribution is 2.23. The van der Waals surface area contributed by atoms with Crippen molar-refractivity contribution in [3.8, 4) is 11.4 Å². The molecule has 3 rings (SSSR count). The van der Waals surface area contributed by atoms with Crippen molar-refractivity contribution >= 4 is 17.2 Å². The van der Waals surface area contributed by atoms with E-state index in [0.717, 1.165) is 23.1 Å². The van der Waals surface area contributed by atoms with Crippen LogP contribution in [0.25, 0.3) is 22.6 Å². The van der Waals surface area contributed by atoms with Crippen LogP contribution in [0.2, 0.25) is 0 Å². The molecule has 2 aromatic heterocycles. The molecule has 130 valence electrons. The van der Waals surface area contributed by atoms with Crippen LogP contribution in [0.4, 0.5) is 9.18 Å². The molecule has 0 aliphatic heterocycles. The molecule has 2 N–H and O–H groups in total. The Morgan fingerprint density at radius 2 is 1.92 bits per heavy atom. The molecular formula is C18H20FN5O. The number of carbonyl (C=O) groups excluding carboxylic acids is 1. The van der Waals surface area contributed by atoms with Crippen molar-refractivity contribution in [2.75, 3.05) is 13.1 Å². The topological polar surface area (TPSA) is 71.8 Å². The minimum absolute atomic E-state index is 0.192. The van der Waals surface area contributed by atoms with Crippen molar-refractivity contribution in [1.82, 2.24) is 25.2 Å². The van der Waals surface area contributed by atoms with E-state index in [2.05, 4.69) is 20.6 Å². The molecule has 3 aromatic rings. The predicted octanol–water partition coefficient (Wildman–Crippen LogP) is 2.95. The van der Waals surface area contributed by atoms with Gasteiger partial charge in [-0.3, -0.25) is 0 Å². The summed E-state index contributed by atoms with van der Waals surface area (Å²) >= 11 is 0. The van der Waals surface area contributed by atoms with Gasteiger partial charge < -0.3 is 15.2 Å². The monoisotopic (exact) mass is 341 g/mol. The molecule has 0 unspecified atom stereocenters. The molecule has 0 aliphatic rings. The van der Waals surface area contributed by atoms with Crippen LogP contribution in [0.15, 0.2) is 42.6 Å². The maximum absolute atomic E-state index is 13.2. The van der Waals surface area contributed by atoms with Crippen LogP contribution in [0, 0.1) is 5.82 Å². The number of pyridine rings is 1. The van der Waals surface area contributed by atoms with E-state index in [4.69, 9.17) is 0 Å². The van der Waals surface area contributed by atoms with Crippen molar-refractivity contribution < 1.29 is 9.18 Å². The number of nitrogens with one attached hydrogen (secondary N) is 2. The highest BCUT2D eigenvalue weighted by atomic mass is 19.1. The summed E-state index contributed by atoms with van der Waals surface area (Å²) in [6, 6.07) is 9.70. The molecule has 2 heterocycles. The Bertz CT molecular complexity index is 860. The van der Waals surface area contributed by atoms with E-state index >= 15 is 0 Å². The zero-order valence-corrected chi connectivity index (χ0v) is 14.0. The molecule has 0 spiro atoms. The molecule has 0 saturated carbocycles. The maximum Gasteiger partial charge on any atom is 0.314 e. The van der Waals surface area contributed by atoms with Gasteiger partial charge in [0, 0.05) is 31.4 Å². The maximum atomic E-state index is 13.2. The minimum atomic E-state index is -0.293. The van der Waals surface area contributed by atoms with E-state index in [1.54, 1.807) is 18.3 Å². The van der Waals surface area contributed by atoms with E-state index in [9.17, 15) is 9.18 Å². The summed E-state index contributed by atoms with van der Waals surface area (Å²) in [6.07, 6.45) is 2.59. The summed E-state index contributed by atoms with van der Waals surface area (Å²) < 4.78 is 15.1. The summed E-state index contributed by atoms with van der Waals surface area (Å²) in [6.45, 7) is 3.59. The molecule has 0 aliphatic carbocycles. The molecule has 2 amide bonds. The molecule has 7 heteroatoms. The van der Waals surface area contributed by atoms with Crippen LogP contribution in [0.1, 0.15) is 13.3 Å². The van der Waals surface area contributed by atoms with Crippen LogP contribution < -0.4 is 10.6 Å². The smallest absolute Gasteiger partial charge is 0.314 e. The Balaban J connectivity index is 1.83. The highest BCUT2D eigenvalue weighted by Gasteiger charge is 2.13. The van der Waals surface area contributed by atoms with Gasteiger partial charge in [-0.2, -0.15) is 0 Å². The van der Waals surface area contributed by atoms with E-state index in [1.165, 1.54) is 12.1 Å². The van der Waals surface area contributed by atoms with Gasteiger partial charge in [-0.05, 0) is 42.8 Å². The van der Waals surface area contributed by atoms with Gasteiger partial charge in [0.15, 0.2) is 5.65 Å². The second-order valence-electron chi connectivity index (χ2n) is 5.62. The zero-order valence-electron chi connectivity index (χ0n) is 14.0. The Kier molecular flexibility index (Phi) is 5.23. The third-order valence-electron chi connectivity index (χ3n) is 3.76.